The van der Waals surface area contributed by atoms with Crippen molar-refractivity contribution >= 4 is 0 Å². The van der Waals surface area contributed by atoms with E-state index < -0.39 is 5.92 Å². The Kier molecular flexibility index (Phi) is 4.69. The maximum atomic E-state index is 13.1. The van der Waals surface area contributed by atoms with Gasteiger partial charge in [-0.25, -0.2) is 0 Å². The van der Waals surface area contributed by atoms with E-state index >= 15 is 0 Å². The van der Waals surface area contributed by atoms with Crippen LogP contribution in [-0.4, -0.2) is 23.4 Å². The highest BCUT2D eigenvalue weighted by Crippen LogP contribution is 2.40. The quantitative estimate of drug-likeness (QED) is 0.859. The van der Waals surface area contributed by atoms with E-state index in [1.54, 1.807) is 44.4 Å². The number of aliphatic hydroxyl groups excluding tert-OH is 1. The normalized spacial score (nSPS) is 15.8. The van der Waals surface area contributed by atoms with Crippen LogP contribution in [0, 0.1) is 18.3 Å². The molecule has 0 aliphatic carbocycles. The van der Waals surface area contributed by atoms with Gasteiger partial charge in [-0.3, -0.25) is 4.79 Å². The second kappa shape index (κ2) is 6.94. The van der Waals surface area contributed by atoms with Gasteiger partial charge < -0.3 is 24.9 Å². The van der Waals surface area contributed by atoms with Gasteiger partial charge in [-0.05, 0) is 24.6 Å². The number of pyridine rings is 1. The average molecular weight is 353 g/mol. The maximum Gasteiger partial charge on any atom is 0.258 e. The molecule has 1 atom stereocenters. The molecule has 26 heavy (non-hydrogen) atoms. The number of nitriles is 1. The number of allylic oxidation sites excluding steroid dienone is 1. The third-order valence-corrected chi connectivity index (χ3v) is 4.46. The summed E-state index contributed by atoms with van der Waals surface area (Å²) in [6, 6.07) is 10.9. The van der Waals surface area contributed by atoms with Crippen LogP contribution in [0.3, 0.4) is 0 Å². The van der Waals surface area contributed by atoms with Gasteiger partial charge in [0.25, 0.3) is 5.56 Å². The molecule has 2 heterocycles. The lowest BCUT2D eigenvalue weighted by Gasteiger charge is -2.27. The molecule has 0 fully saturated rings. The lowest BCUT2D eigenvalue weighted by Crippen LogP contribution is -2.33. The van der Waals surface area contributed by atoms with E-state index in [-0.39, 0.29) is 30.2 Å². The Morgan fingerprint density at radius 1 is 1.38 bits per heavy atom. The smallest absolute Gasteiger partial charge is 0.258 e. The molecular weight excluding hydrogens is 334 g/mol. The Labute approximate surface area is 150 Å². The predicted molar refractivity (Wildman–Crippen MR) is 94.8 cm³/mol. The second-order valence-electron chi connectivity index (χ2n) is 5.94. The topological polar surface area (TPSA) is 110 Å². The number of benzene rings is 1. The van der Waals surface area contributed by atoms with Gasteiger partial charge in [0.15, 0.2) is 0 Å². The lowest BCUT2D eigenvalue weighted by atomic mass is 9.84. The fourth-order valence-corrected chi connectivity index (χ4v) is 3.19. The van der Waals surface area contributed by atoms with Crippen LogP contribution in [0.1, 0.15) is 22.7 Å². The van der Waals surface area contributed by atoms with Crippen LogP contribution in [-0.2, 0) is 6.54 Å². The third-order valence-electron chi connectivity index (χ3n) is 4.46. The van der Waals surface area contributed by atoms with E-state index in [1.165, 1.54) is 4.57 Å². The summed E-state index contributed by atoms with van der Waals surface area (Å²) in [6.07, 6.45) is 0. The minimum absolute atomic E-state index is 0.0143. The summed E-state index contributed by atoms with van der Waals surface area (Å²) in [4.78, 5) is 13.1. The molecule has 7 nitrogen and oxygen atoms in total. The number of hydrogen-bond donors (Lipinski definition) is 2. The van der Waals surface area contributed by atoms with Crippen LogP contribution in [0.2, 0.25) is 0 Å². The second-order valence-corrected chi connectivity index (χ2v) is 5.94. The molecule has 3 rings (SSSR count). The molecule has 1 aromatic heterocycles. The van der Waals surface area contributed by atoms with Crippen LogP contribution < -0.4 is 20.8 Å². The van der Waals surface area contributed by atoms with E-state index in [4.69, 9.17) is 15.2 Å². The molecule has 2 aromatic rings. The number of aryl methyl sites for hydroxylation is 1. The highest BCUT2D eigenvalue weighted by atomic mass is 16.5. The molecule has 1 unspecified atom stereocenters. The van der Waals surface area contributed by atoms with E-state index in [1.807, 2.05) is 0 Å². The van der Waals surface area contributed by atoms with Gasteiger partial charge in [0.2, 0.25) is 5.88 Å². The Hall–Kier alpha value is -3.24. The highest BCUT2D eigenvalue weighted by molar-refractivity contribution is 5.55. The molecule has 0 radical (unpaired) electrons. The number of nitrogens with zero attached hydrogens (tertiary/aromatic N) is 2. The van der Waals surface area contributed by atoms with Crippen LogP contribution in [0.5, 0.6) is 11.5 Å². The predicted octanol–water partition coefficient (Wildman–Crippen LogP) is 1.38. The maximum absolute atomic E-state index is 13.1. The van der Waals surface area contributed by atoms with Crippen molar-refractivity contribution in [2.24, 2.45) is 5.73 Å². The Balaban J connectivity index is 2.27. The van der Waals surface area contributed by atoms with Crippen LogP contribution in [0.15, 0.2) is 46.6 Å². The van der Waals surface area contributed by atoms with Gasteiger partial charge in [-0.2, -0.15) is 5.26 Å². The molecule has 3 N–H and O–H groups in total. The number of methoxy groups -OCH3 is 1. The van der Waals surface area contributed by atoms with E-state index in [0.717, 1.165) is 5.56 Å². The van der Waals surface area contributed by atoms with Crippen molar-refractivity contribution in [2.45, 2.75) is 19.4 Å². The largest absolute Gasteiger partial charge is 0.497 e. The van der Waals surface area contributed by atoms with Crippen LogP contribution >= 0.6 is 0 Å². The van der Waals surface area contributed by atoms with Gasteiger partial charge in [-0.15, -0.1) is 0 Å². The van der Waals surface area contributed by atoms with Crippen molar-refractivity contribution < 1.29 is 14.6 Å². The first kappa shape index (κ1) is 17.6. The average Bonchev–Trinajstić information content (AvgIpc) is 2.64. The SMILES string of the molecule is COc1ccc(C2C(C#N)=C(N)Oc3cc(C)n(CCO)c(=O)c32)cc1. The minimum atomic E-state index is -0.646. The van der Waals surface area contributed by atoms with E-state index in [2.05, 4.69) is 6.07 Å². The zero-order chi connectivity index (χ0) is 18.8. The summed E-state index contributed by atoms with van der Waals surface area (Å²) < 4.78 is 12.2. The number of ether oxygens (including phenoxy) is 2. The first-order valence-electron chi connectivity index (χ1n) is 8.08. The van der Waals surface area contributed by atoms with Crippen molar-refractivity contribution in [3.63, 3.8) is 0 Å². The van der Waals surface area contributed by atoms with Crippen molar-refractivity contribution in [1.82, 2.24) is 4.57 Å². The number of nitrogens with two attached hydrogens (primary N) is 1. The Bertz CT molecular complexity index is 968. The zero-order valence-electron chi connectivity index (χ0n) is 14.5. The minimum Gasteiger partial charge on any atom is -0.497 e. The van der Waals surface area contributed by atoms with E-state index in [0.29, 0.717) is 22.8 Å². The summed E-state index contributed by atoms with van der Waals surface area (Å²) in [5, 5.41) is 18.9. The third kappa shape index (κ3) is 2.80. The molecular formula is C19H19N3O4. The van der Waals surface area contributed by atoms with Crippen LogP contribution in [0.4, 0.5) is 0 Å². The van der Waals surface area contributed by atoms with Gasteiger partial charge in [-0.1, -0.05) is 12.1 Å². The summed E-state index contributed by atoms with van der Waals surface area (Å²) in [5.41, 5.74) is 7.52. The molecule has 0 saturated heterocycles. The first-order valence-corrected chi connectivity index (χ1v) is 8.08. The lowest BCUT2D eigenvalue weighted by molar-refractivity contribution is 0.272. The van der Waals surface area contributed by atoms with Crippen molar-refractivity contribution in [3.8, 4) is 17.6 Å². The molecule has 1 aliphatic heterocycles. The molecule has 0 saturated carbocycles. The Morgan fingerprint density at radius 2 is 2.08 bits per heavy atom. The van der Waals surface area contributed by atoms with E-state index in [9.17, 15) is 15.2 Å². The highest BCUT2D eigenvalue weighted by Gasteiger charge is 2.34. The number of fused-ring (bicyclic) bond motifs is 1. The summed E-state index contributed by atoms with van der Waals surface area (Å²) >= 11 is 0. The van der Waals surface area contributed by atoms with Gasteiger partial charge in [0, 0.05) is 18.3 Å². The molecule has 1 aliphatic rings. The van der Waals surface area contributed by atoms with Crippen molar-refractivity contribution in [2.75, 3.05) is 13.7 Å². The number of aromatic nitrogens is 1. The van der Waals surface area contributed by atoms with Gasteiger partial charge in [0.1, 0.15) is 23.1 Å². The van der Waals surface area contributed by atoms with Crippen molar-refractivity contribution in [3.05, 3.63) is 69.0 Å². The summed E-state index contributed by atoms with van der Waals surface area (Å²) in [7, 11) is 1.56. The fraction of sp³-hybridized carbons (Fsp3) is 0.263. The number of hydrogen-bond acceptors (Lipinski definition) is 6. The fourth-order valence-electron chi connectivity index (χ4n) is 3.19. The number of aliphatic hydroxyl groups is 1. The van der Waals surface area contributed by atoms with Gasteiger partial charge in [0.05, 0.1) is 25.2 Å². The zero-order valence-corrected chi connectivity index (χ0v) is 14.5. The van der Waals surface area contributed by atoms with Crippen molar-refractivity contribution in [1.29, 1.82) is 5.26 Å². The first-order chi connectivity index (χ1) is 12.5. The monoisotopic (exact) mass is 353 g/mol. The van der Waals surface area contributed by atoms with Gasteiger partial charge >= 0.3 is 0 Å². The molecule has 0 spiro atoms. The Morgan fingerprint density at radius 3 is 2.65 bits per heavy atom. The summed E-state index contributed by atoms with van der Waals surface area (Å²) in [6.45, 7) is 1.74. The molecule has 1 aromatic carbocycles. The standard InChI is InChI=1S/C19H19N3O4/c1-11-9-15-17(19(24)22(11)7-8-23)16(14(10-20)18(21)26-15)12-3-5-13(25-2)6-4-12/h3-6,9,16,23H,7-8,21H2,1-2H3. The number of rotatable bonds is 4. The molecule has 7 heteroatoms. The summed E-state index contributed by atoms with van der Waals surface area (Å²) in [5.74, 6) is 0.337. The molecule has 134 valence electrons. The van der Waals surface area contributed by atoms with Crippen LogP contribution in [0.25, 0.3) is 0 Å². The molecule has 0 amide bonds. The molecule has 0 bridgehead atoms.